The number of fused-ring (bicyclic) bond motifs is 6. The summed E-state index contributed by atoms with van der Waals surface area (Å²) in [5.74, 6) is 0. The van der Waals surface area contributed by atoms with Crippen LogP contribution in [0.4, 0.5) is 0 Å². The standard InChI is InChI=1S/C27H25N/c1-27(2)23-14-8-6-12-19(23)21-16-22-20-13-7-9-15-25(20)28(26(22)17-24(21)27)18-10-4-3-5-11-18/h3-6,8,10-12,14,16-17H,7,9,13,15H2,1-2H3. The fourth-order valence-electron chi connectivity index (χ4n) is 5.61. The Kier molecular flexibility index (Phi) is 3.24. The third-order valence-corrected chi connectivity index (χ3v) is 6.99. The van der Waals surface area contributed by atoms with Gasteiger partial charge in [0.2, 0.25) is 0 Å². The molecule has 1 heterocycles. The third kappa shape index (κ3) is 2.02. The van der Waals surface area contributed by atoms with Gasteiger partial charge in [-0.15, -0.1) is 0 Å². The highest BCUT2D eigenvalue weighted by atomic mass is 15.0. The molecule has 0 saturated heterocycles. The third-order valence-electron chi connectivity index (χ3n) is 6.99. The van der Waals surface area contributed by atoms with Gasteiger partial charge in [0.25, 0.3) is 0 Å². The van der Waals surface area contributed by atoms with Gasteiger partial charge in [-0.25, -0.2) is 0 Å². The quantitative estimate of drug-likeness (QED) is 0.350. The van der Waals surface area contributed by atoms with Gasteiger partial charge in [-0.2, -0.15) is 0 Å². The second-order valence-electron chi connectivity index (χ2n) is 8.89. The Morgan fingerprint density at radius 2 is 1.50 bits per heavy atom. The number of benzene rings is 3. The predicted molar refractivity (Wildman–Crippen MR) is 117 cm³/mol. The minimum atomic E-state index is 0.0480. The number of nitrogens with zero attached hydrogens (tertiary/aromatic N) is 1. The van der Waals surface area contributed by atoms with E-state index in [1.807, 2.05) is 0 Å². The second-order valence-corrected chi connectivity index (χ2v) is 8.89. The summed E-state index contributed by atoms with van der Waals surface area (Å²) in [5, 5.41) is 1.46. The van der Waals surface area contributed by atoms with Crippen molar-refractivity contribution >= 4 is 10.9 Å². The molecule has 28 heavy (non-hydrogen) atoms. The fourth-order valence-corrected chi connectivity index (χ4v) is 5.61. The van der Waals surface area contributed by atoms with Crippen LogP contribution in [0.15, 0.2) is 66.7 Å². The fraction of sp³-hybridized carbons (Fsp3) is 0.259. The molecular formula is C27H25N. The van der Waals surface area contributed by atoms with Crippen molar-refractivity contribution in [1.82, 2.24) is 4.57 Å². The van der Waals surface area contributed by atoms with Crippen LogP contribution in [-0.4, -0.2) is 4.57 Å². The van der Waals surface area contributed by atoms with E-state index in [1.54, 1.807) is 5.56 Å². The summed E-state index contributed by atoms with van der Waals surface area (Å²) in [5.41, 5.74) is 11.6. The van der Waals surface area contributed by atoms with E-state index in [0.29, 0.717) is 0 Å². The second kappa shape index (κ2) is 5.61. The van der Waals surface area contributed by atoms with Crippen molar-refractivity contribution < 1.29 is 0 Å². The van der Waals surface area contributed by atoms with Gasteiger partial charge in [0.15, 0.2) is 0 Å². The van der Waals surface area contributed by atoms with Crippen LogP contribution < -0.4 is 0 Å². The lowest BCUT2D eigenvalue weighted by atomic mass is 9.82. The van der Waals surface area contributed by atoms with E-state index >= 15 is 0 Å². The minimum Gasteiger partial charge on any atom is -0.313 e. The maximum Gasteiger partial charge on any atom is 0.0537 e. The molecular weight excluding hydrogens is 338 g/mol. The molecule has 0 aliphatic heterocycles. The molecule has 0 fully saturated rings. The summed E-state index contributed by atoms with van der Waals surface area (Å²) in [4.78, 5) is 0. The summed E-state index contributed by atoms with van der Waals surface area (Å²) in [6.45, 7) is 4.75. The Balaban J connectivity index is 1.73. The summed E-state index contributed by atoms with van der Waals surface area (Å²) in [7, 11) is 0. The van der Waals surface area contributed by atoms with Gasteiger partial charge in [0, 0.05) is 22.2 Å². The molecule has 138 valence electrons. The van der Waals surface area contributed by atoms with Crippen LogP contribution in [-0.2, 0) is 18.3 Å². The Bertz CT molecular complexity index is 1220. The number of para-hydroxylation sites is 1. The molecule has 0 atom stereocenters. The first kappa shape index (κ1) is 16.2. The smallest absolute Gasteiger partial charge is 0.0537 e. The number of hydrogen-bond donors (Lipinski definition) is 0. The minimum absolute atomic E-state index is 0.0480. The van der Waals surface area contributed by atoms with Crippen molar-refractivity contribution in [3.63, 3.8) is 0 Å². The molecule has 0 radical (unpaired) electrons. The van der Waals surface area contributed by atoms with Crippen molar-refractivity contribution in [3.8, 4) is 16.8 Å². The summed E-state index contributed by atoms with van der Waals surface area (Å²) in [6.07, 6.45) is 4.99. The largest absolute Gasteiger partial charge is 0.313 e. The molecule has 1 nitrogen and oxygen atoms in total. The van der Waals surface area contributed by atoms with Crippen molar-refractivity contribution in [3.05, 3.63) is 89.1 Å². The van der Waals surface area contributed by atoms with E-state index < -0.39 is 0 Å². The van der Waals surface area contributed by atoms with Crippen LogP contribution in [0.2, 0.25) is 0 Å². The van der Waals surface area contributed by atoms with Crippen molar-refractivity contribution in [1.29, 1.82) is 0 Å². The molecule has 2 aliphatic rings. The van der Waals surface area contributed by atoms with Gasteiger partial charge < -0.3 is 4.57 Å². The van der Waals surface area contributed by atoms with E-state index in [-0.39, 0.29) is 5.41 Å². The first-order valence-electron chi connectivity index (χ1n) is 10.5. The highest BCUT2D eigenvalue weighted by Crippen LogP contribution is 2.51. The summed E-state index contributed by atoms with van der Waals surface area (Å²) in [6, 6.07) is 24.9. The van der Waals surface area contributed by atoms with Crippen LogP contribution >= 0.6 is 0 Å². The highest BCUT2D eigenvalue weighted by molar-refractivity contribution is 5.96. The van der Waals surface area contributed by atoms with Crippen molar-refractivity contribution in [2.75, 3.05) is 0 Å². The Morgan fingerprint density at radius 3 is 2.36 bits per heavy atom. The lowest BCUT2D eigenvalue weighted by Gasteiger charge is -2.21. The maximum atomic E-state index is 2.54. The molecule has 0 bridgehead atoms. The predicted octanol–water partition coefficient (Wildman–Crippen LogP) is 6.82. The zero-order chi connectivity index (χ0) is 18.9. The Labute approximate surface area is 166 Å². The average Bonchev–Trinajstić information content (AvgIpc) is 3.17. The van der Waals surface area contributed by atoms with Crippen LogP contribution in [0.1, 0.15) is 49.1 Å². The molecule has 0 amide bonds. The van der Waals surface area contributed by atoms with Crippen LogP contribution in [0.3, 0.4) is 0 Å². The molecule has 2 aliphatic carbocycles. The lowest BCUT2D eigenvalue weighted by molar-refractivity contribution is 0.660. The molecule has 0 unspecified atom stereocenters. The van der Waals surface area contributed by atoms with Crippen molar-refractivity contribution in [2.24, 2.45) is 0 Å². The van der Waals surface area contributed by atoms with Crippen LogP contribution in [0.5, 0.6) is 0 Å². The monoisotopic (exact) mass is 363 g/mol. The van der Waals surface area contributed by atoms with E-state index in [0.717, 1.165) is 0 Å². The number of aryl methyl sites for hydroxylation is 1. The number of hydrogen-bond acceptors (Lipinski definition) is 0. The molecule has 4 aromatic rings. The maximum absolute atomic E-state index is 2.54. The van der Waals surface area contributed by atoms with Gasteiger partial charge in [-0.05, 0) is 77.8 Å². The van der Waals surface area contributed by atoms with Gasteiger partial charge in [-0.3, -0.25) is 0 Å². The van der Waals surface area contributed by atoms with E-state index in [9.17, 15) is 0 Å². The Hall–Kier alpha value is -2.80. The van der Waals surface area contributed by atoms with E-state index in [2.05, 4.69) is 85.1 Å². The Morgan fingerprint density at radius 1 is 0.750 bits per heavy atom. The molecule has 1 heteroatoms. The molecule has 0 spiro atoms. The SMILES string of the molecule is CC1(C)c2ccccc2-c2cc3c4c(n(-c5ccccc5)c3cc21)CCCC4. The molecule has 6 rings (SSSR count). The number of aromatic nitrogens is 1. The molecule has 0 N–H and O–H groups in total. The zero-order valence-electron chi connectivity index (χ0n) is 16.6. The first-order valence-corrected chi connectivity index (χ1v) is 10.5. The van der Waals surface area contributed by atoms with Crippen LogP contribution in [0.25, 0.3) is 27.7 Å². The normalized spacial score (nSPS) is 16.6. The van der Waals surface area contributed by atoms with Crippen molar-refractivity contribution in [2.45, 2.75) is 44.9 Å². The zero-order valence-corrected chi connectivity index (χ0v) is 16.6. The van der Waals surface area contributed by atoms with Gasteiger partial charge in [-0.1, -0.05) is 56.3 Å². The highest BCUT2D eigenvalue weighted by Gasteiger charge is 2.36. The molecule has 3 aromatic carbocycles. The van der Waals surface area contributed by atoms with Gasteiger partial charge >= 0.3 is 0 Å². The topological polar surface area (TPSA) is 4.93 Å². The van der Waals surface area contributed by atoms with E-state index in [4.69, 9.17) is 0 Å². The lowest BCUT2D eigenvalue weighted by Crippen LogP contribution is -2.15. The van der Waals surface area contributed by atoms with E-state index in [1.165, 1.54) is 70.2 Å². The number of rotatable bonds is 1. The van der Waals surface area contributed by atoms with Gasteiger partial charge in [0.05, 0.1) is 5.52 Å². The summed E-state index contributed by atoms with van der Waals surface area (Å²) < 4.78 is 2.54. The average molecular weight is 364 g/mol. The first-order chi connectivity index (χ1) is 13.7. The van der Waals surface area contributed by atoms with Crippen LogP contribution in [0, 0.1) is 0 Å². The molecule has 0 saturated carbocycles. The molecule has 1 aromatic heterocycles. The summed E-state index contributed by atoms with van der Waals surface area (Å²) >= 11 is 0. The van der Waals surface area contributed by atoms with Gasteiger partial charge in [0.1, 0.15) is 0 Å².